The van der Waals surface area contributed by atoms with Crippen molar-refractivity contribution >= 4 is 95.9 Å². The maximum atomic E-state index is 5.54. The van der Waals surface area contributed by atoms with Crippen molar-refractivity contribution in [2.45, 2.75) is 0 Å². The molecule has 14 heavy (non-hydrogen) atoms. The van der Waals surface area contributed by atoms with Crippen molar-refractivity contribution in [1.82, 2.24) is 0 Å². The summed E-state index contributed by atoms with van der Waals surface area (Å²) in [6, 6.07) is 0. The molecule has 2 rings (SSSR count). The smallest absolute Gasteiger partial charge is 0.399 e. The Bertz CT molecular complexity index is 289. The van der Waals surface area contributed by atoms with Crippen molar-refractivity contribution in [3.05, 3.63) is 46.8 Å². The van der Waals surface area contributed by atoms with E-state index in [2.05, 4.69) is 0 Å². The molecular weight excluding hydrogens is 632 g/mol. The van der Waals surface area contributed by atoms with Gasteiger partial charge >= 0.3 is 1.43 Å². The van der Waals surface area contributed by atoms with Crippen LogP contribution < -0.4 is 11.5 Å². The molecule has 0 saturated carbocycles. The maximum absolute atomic E-state index is 5.54. The molecule has 0 radical (unpaired) electrons. The predicted octanol–water partition coefficient (Wildman–Crippen LogP) is 3.14. The van der Waals surface area contributed by atoms with E-state index in [1.165, 1.54) is 0 Å². The first-order valence-corrected chi connectivity index (χ1v) is 3.14. The lowest BCUT2D eigenvalue weighted by molar-refractivity contribution is 1.42. The fourth-order valence-corrected chi connectivity index (χ4v) is 1.22. The van der Waals surface area contributed by atoms with Gasteiger partial charge in [-0.25, -0.2) is 0 Å². The Hall–Kier alpha value is 1.48. The van der Waals surface area contributed by atoms with E-state index >= 15 is 0 Å². The number of nitrogens with two attached hydrogens (primary N) is 2. The number of allylic oxidation sites excluding steroid dienone is 6. The molecule has 0 heterocycles. The van der Waals surface area contributed by atoms with Gasteiger partial charge < -0.3 is 11.5 Å². The summed E-state index contributed by atoms with van der Waals surface area (Å²) in [5, 5.41) is 0. The molecule has 4 N–H and O–H groups in total. The van der Waals surface area contributed by atoms with E-state index in [1.54, 1.807) is 0 Å². The molecule has 0 spiro atoms. The summed E-state index contributed by atoms with van der Waals surface area (Å²) in [6.07, 6.45) is 7.69. The molecule has 0 amide bonds. The molecule has 2 aliphatic carbocycles. The molecule has 0 aromatic rings. The van der Waals surface area contributed by atoms with Crippen LogP contribution in [0.2, 0.25) is 0 Å². The lowest BCUT2D eigenvalue weighted by Gasteiger charge is -1.84. The van der Waals surface area contributed by atoms with E-state index in [-0.39, 0.29) is 97.3 Å². The highest BCUT2D eigenvalue weighted by Crippen LogP contribution is 2.28. The minimum Gasteiger partial charge on any atom is -0.399 e. The molecule has 0 fully saturated rings. The Balaban J connectivity index is -0.000000121. The first-order valence-electron chi connectivity index (χ1n) is 3.14. The van der Waals surface area contributed by atoms with Gasteiger partial charge in [-0.15, -0.1) is 95.9 Å². The largest absolute Gasteiger partial charge is 1.00 e. The molecule has 0 bridgehead atoms. The molecule has 6 heteroatoms. The van der Waals surface area contributed by atoms with Crippen LogP contribution in [0.1, 0.15) is 1.43 Å². The molecule has 82 valence electrons. The van der Waals surface area contributed by atoms with Gasteiger partial charge in [0.15, 0.2) is 0 Å². The van der Waals surface area contributed by atoms with Crippen LogP contribution in [0, 0.1) is 0 Å². The van der Waals surface area contributed by atoms with Crippen LogP contribution in [0.4, 0.5) is 0 Å². The molecule has 2 aliphatic rings. The van der Waals surface area contributed by atoms with Crippen LogP contribution >= 0.6 is 95.9 Å². The number of fused-ring (bicyclic) bond motifs is 1. The molecule has 0 aliphatic heterocycles. The molecule has 2 nitrogen and oxygen atoms in total. The van der Waals surface area contributed by atoms with Crippen LogP contribution in [-0.2, 0) is 0 Å². The highest BCUT2D eigenvalue weighted by Gasteiger charge is 2.12. The third-order valence-electron chi connectivity index (χ3n) is 1.62. The van der Waals surface area contributed by atoms with Gasteiger partial charge in [0, 0.05) is 11.4 Å². The summed E-state index contributed by atoms with van der Waals surface area (Å²) >= 11 is 0. The Kier molecular flexibility index (Phi) is 12.8. The van der Waals surface area contributed by atoms with E-state index in [0.717, 1.165) is 22.5 Å². The van der Waals surface area contributed by atoms with E-state index in [1.807, 2.05) is 24.3 Å². The standard InChI is InChI=1S/C8H8N2.4HI/c9-7-1-5-2-8(10)4-6(5)3-7;;;;/h1-4H,9-10H2;4*1H/p+1. The molecular formula is C8H13I4N2+. The van der Waals surface area contributed by atoms with Gasteiger partial charge in [-0.05, 0) is 35.5 Å². The minimum absolute atomic E-state index is 0. The zero-order chi connectivity index (χ0) is 7.14. The Morgan fingerprint density at radius 2 is 0.929 bits per heavy atom. The van der Waals surface area contributed by atoms with Crippen molar-refractivity contribution < 1.29 is 1.43 Å². The predicted molar refractivity (Wildman–Crippen MR) is 103 cm³/mol. The highest BCUT2D eigenvalue weighted by atomic mass is 127. The average Bonchev–Trinajstić information content (AvgIpc) is 2.21. The van der Waals surface area contributed by atoms with E-state index in [4.69, 9.17) is 11.5 Å². The van der Waals surface area contributed by atoms with E-state index < -0.39 is 0 Å². The van der Waals surface area contributed by atoms with Gasteiger partial charge in [0.1, 0.15) is 0 Å². The third kappa shape index (κ3) is 4.55. The summed E-state index contributed by atoms with van der Waals surface area (Å²) in [6.45, 7) is 0. The molecule has 0 atom stereocenters. The summed E-state index contributed by atoms with van der Waals surface area (Å²) in [5.74, 6) is 0. The second-order valence-electron chi connectivity index (χ2n) is 2.49. The fourth-order valence-electron chi connectivity index (χ4n) is 1.22. The zero-order valence-electron chi connectivity index (χ0n) is 8.10. The van der Waals surface area contributed by atoms with Gasteiger partial charge in [-0.2, -0.15) is 0 Å². The molecule has 0 aromatic carbocycles. The first kappa shape index (κ1) is 20.8. The normalized spacial score (nSPS) is 15.1. The van der Waals surface area contributed by atoms with Crippen molar-refractivity contribution in [1.29, 1.82) is 0 Å². The Morgan fingerprint density at radius 1 is 0.643 bits per heavy atom. The van der Waals surface area contributed by atoms with Crippen molar-refractivity contribution in [3.63, 3.8) is 0 Å². The van der Waals surface area contributed by atoms with Crippen LogP contribution in [0.3, 0.4) is 0 Å². The van der Waals surface area contributed by atoms with Gasteiger partial charge in [0.2, 0.25) is 0 Å². The summed E-state index contributed by atoms with van der Waals surface area (Å²) in [5.41, 5.74) is 15.0. The lowest BCUT2D eigenvalue weighted by Crippen LogP contribution is -1.90. The number of hydrogen-bond donors (Lipinski definition) is 2. The maximum Gasteiger partial charge on any atom is 1.00 e. The lowest BCUT2D eigenvalue weighted by atomic mass is 10.2. The number of hydrogen-bond acceptors (Lipinski definition) is 2. The molecule has 0 aromatic heterocycles. The Labute approximate surface area is 153 Å². The van der Waals surface area contributed by atoms with Crippen molar-refractivity contribution in [2.24, 2.45) is 11.5 Å². The average molecular weight is 645 g/mol. The van der Waals surface area contributed by atoms with Gasteiger partial charge in [0.25, 0.3) is 0 Å². The number of halogens is 4. The summed E-state index contributed by atoms with van der Waals surface area (Å²) < 4.78 is 0. The highest BCUT2D eigenvalue weighted by molar-refractivity contribution is 14.0. The van der Waals surface area contributed by atoms with Crippen LogP contribution in [0.15, 0.2) is 46.8 Å². The SMILES string of the molecule is I.I.I.I.NC1=CC2=CC(N)=CC2=C1.[H+]. The number of rotatable bonds is 0. The molecule has 0 saturated heterocycles. The van der Waals surface area contributed by atoms with Gasteiger partial charge in [-0.1, -0.05) is 0 Å². The quantitative estimate of drug-likeness (QED) is 0.399. The first-order chi connectivity index (χ1) is 4.75. The second-order valence-corrected chi connectivity index (χ2v) is 2.49. The third-order valence-corrected chi connectivity index (χ3v) is 1.62. The minimum atomic E-state index is 0. The van der Waals surface area contributed by atoms with Crippen molar-refractivity contribution in [2.75, 3.05) is 0 Å². The monoisotopic (exact) mass is 645 g/mol. The van der Waals surface area contributed by atoms with Gasteiger partial charge in [0.05, 0.1) is 0 Å². The van der Waals surface area contributed by atoms with Crippen molar-refractivity contribution in [3.8, 4) is 0 Å². The van der Waals surface area contributed by atoms with E-state index in [0.29, 0.717) is 0 Å². The van der Waals surface area contributed by atoms with Crippen LogP contribution in [0.25, 0.3) is 0 Å². The van der Waals surface area contributed by atoms with E-state index in [9.17, 15) is 0 Å². The topological polar surface area (TPSA) is 52.0 Å². The van der Waals surface area contributed by atoms with Gasteiger partial charge in [-0.3, -0.25) is 0 Å². The second kappa shape index (κ2) is 8.61. The Morgan fingerprint density at radius 3 is 1.21 bits per heavy atom. The summed E-state index contributed by atoms with van der Waals surface area (Å²) in [4.78, 5) is 0. The molecule has 0 unspecified atom stereocenters. The van der Waals surface area contributed by atoms with Crippen LogP contribution in [0.5, 0.6) is 0 Å². The van der Waals surface area contributed by atoms with Crippen LogP contribution in [-0.4, -0.2) is 0 Å². The fraction of sp³-hybridized carbons (Fsp3) is 0. The zero-order valence-corrected chi connectivity index (χ0v) is 16.4. The summed E-state index contributed by atoms with van der Waals surface area (Å²) in [7, 11) is 0.